The average molecular weight is 396 g/mol. The second-order valence-corrected chi connectivity index (χ2v) is 6.10. The van der Waals surface area contributed by atoms with Crippen LogP contribution in [0.3, 0.4) is 0 Å². The first kappa shape index (κ1) is 20.7. The van der Waals surface area contributed by atoms with Crippen molar-refractivity contribution in [2.45, 2.75) is 25.9 Å². The van der Waals surface area contributed by atoms with Gasteiger partial charge in [0.2, 0.25) is 0 Å². The fraction of sp³-hybridized carbons (Fsp3) is 0.263. The number of alkyl halides is 3. The van der Waals surface area contributed by atoms with Gasteiger partial charge >= 0.3 is 12.1 Å². The number of rotatable bonds is 6. The van der Waals surface area contributed by atoms with Gasteiger partial charge in [-0.25, -0.2) is 4.79 Å². The van der Waals surface area contributed by atoms with Gasteiger partial charge in [0.25, 0.3) is 0 Å². The molecule has 144 valence electrons. The Balaban J connectivity index is 1.98. The fourth-order valence-electron chi connectivity index (χ4n) is 2.21. The molecule has 0 heterocycles. The highest BCUT2D eigenvalue weighted by atomic mass is 32.1. The third-order valence-corrected chi connectivity index (χ3v) is 3.79. The summed E-state index contributed by atoms with van der Waals surface area (Å²) in [7, 11) is 0. The van der Waals surface area contributed by atoms with Crippen molar-refractivity contribution in [3.05, 3.63) is 59.7 Å². The molecule has 0 aliphatic rings. The van der Waals surface area contributed by atoms with Gasteiger partial charge in [-0.05, 0) is 55.0 Å². The Morgan fingerprint density at radius 3 is 2.37 bits per heavy atom. The molecule has 4 nitrogen and oxygen atoms in total. The lowest BCUT2D eigenvalue weighted by atomic mass is 10.1. The second kappa shape index (κ2) is 9.36. The minimum atomic E-state index is -4.49. The highest BCUT2D eigenvalue weighted by Gasteiger charge is 2.33. The summed E-state index contributed by atoms with van der Waals surface area (Å²) in [6.07, 6.45) is -2.76. The van der Waals surface area contributed by atoms with E-state index in [-0.39, 0.29) is 10.8 Å². The molecule has 0 fully saturated rings. The van der Waals surface area contributed by atoms with E-state index in [1.54, 1.807) is 24.3 Å². The number of carbonyl (C=O) groups excluding carboxylic acids is 1. The van der Waals surface area contributed by atoms with Crippen molar-refractivity contribution >= 4 is 34.7 Å². The number of nitrogens with one attached hydrogen (secondary N) is 2. The summed E-state index contributed by atoms with van der Waals surface area (Å²) in [6, 6.07) is 11.4. The van der Waals surface area contributed by atoms with Crippen LogP contribution in [0.2, 0.25) is 0 Å². The molecule has 2 rings (SSSR count). The molecule has 0 spiro atoms. The Morgan fingerprint density at radius 2 is 1.74 bits per heavy atom. The monoisotopic (exact) mass is 396 g/mol. The molecule has 0 saturated heterocycles. The van der Waals surface area contributed by atoms with E-state index in [1.165, 1.54) is 18.2 Å². The predicted octanol–water partition coefficient (Wildman–Crippen LogP) is 5.47. The topological polar surface area (TPSA) is 50.4 Å². The third kappa shape index (κ3) is 6.25. The summed E-state index contributed by atoms with van der Waals surface area (Å²) >= 11 is 5.07. The number of unbranched alkanes of at least 4 members (excludes halogenated alkanes) is 1. The van der Waals surface area contributed by atoms with Crippen LogP contribution >= 0.6 is 12.2 Å². The first-order valence-corrected chi connectivity index (χ1v) is 8.73. The molecule has 2 aromatic rings. The van der Waals surface area contributed by atoms with Crippen LogP contribution in [0.4, 0.5) is 24.5 Å². The van der Waals surface area contributed by atoms with Crippen LogP contribution in [-0.4, -0.2) is 17.7 Å². The van der Waals surface area contributed by atoms with Crippen molar-refractivity contribution in [2.75, 3.05) is 17.2 Å². The van der Waals surface area contributed by atoms with Gasteiger partial charge in [0.05, 0.1) is 23.4 Å². The van der Waals surface area contributed by atoms with Gasteiger partial charge in [-0.15, -0.1) is 0 Å². The first-order valence-electron chi connectivity index (χ1n) is 8.32. The molecule has 0 aliphatic heterocycles. The number of thiocarbonyl (C=S) groups is 1. The zero-order valence-electron chi connectivity index (χ0n) is 14.6. The summed E-state index contributed by atoms with van der Waals surface area (Å²) in [5, 5.41) is 5.34. The number of para-hydroxylation sites is 1. The van der Waals surface area contributed by atoms with E-state index in [0.717, 1.165) is 18.9 Å². The molecule has 0 aliphatic carbocycles. The van der Waals surface area contributed by atoms with E-state index >= 15 is 0 Å². The van der Waals surface area contributed by atoms with Gasteiger partial charge in [0.1, 0.15) is 0 Å². The standard InChI is InChI=1S/C19H19F3N2O2S/c1-2-3-12-26-17(25)13-8-10-14(11-9-13)23-18(27)24-16-7-5-4-6-15(16)19(20,21)22/h4-11H,2-3,12H2,1H3,(H2,23,24,27). The first-order chi connectivity index (χ1) is 12.8. The fourth-order valence-corrected chi connectivity index (χ4v) is 2.43. The van der Waals surface area contributed by atoms with E-state index in [1.807, 2.05) is 6.92 Å². The van der Waals surface area contributed by atoms with E-state index in [9.17, 15) is 18.0 Å². The smallest absolute Gasteiger partial charge is 0.418 e. The van der Waals surface area contributed by atoms with E-state index in [4.69, 9.17) is 17.0 Å². The average Bonchev–Trinajstić information content (AvgIpc) is 2.62. The highest BCUT2D eigenvalue weighted by molar-refractivity contribution is 7.80. The SMILES string of the molecule is CCCCOC(=O)c1ccc(NC(=S)Nc2ccccc2C(F)(F)F)cc1. The Labute approximate surface area is 160 Å². The zero-order valence-corrected chi connectivity index (χ0v) is 15.4. The highest BCUT2D eigenvalue weighted by Crippen LogP contribution is 2.34. The molecule has 2 aromatic carbocycles. The lowest BCUT2D eigenvalue weighted by Gasteiger charge is -2.15. The van der Waals surface area contributed by atoms with Crippen LogP contribution in [0.25, 0.3) is 0 Å². The van der Waals surface area contributed by atoms with Gasteiger partial charge in [-0.2, -0.15) is 13.2 Å². The molecule has 0 amide bonds. The second-order valence-electron chi connectivity index (χ2n) is 5.69. The summed E-state index contributed by atoms with van der Waals surface area (Å²) in [5.74, 6) is -0.421. The molecular weight excluding hydrogens is 377 g/mol. The molecule has 0 bridgehead atoms. The van der Waals surface area contributed by atoms with Gasteiger partial charge in [0, 0.05) is 5.69 Å². The Kier molecular flexibility index (Phi) is 7.18. The van der Waals surface area contributed by atoms with Gasteiger partial charge < -0.3 is 15.4 Å². The summed E-state index contributed by atoms with van der Waals surface area (Å²) in [5.41, 5.74) is -0.0296. The van der Waals surface area contributed by atoms with Crippen molar-refractivity contribution in [3.8, 4) is 0 Å². The largest absolute Gasteiger partial charge is 0.462 e. The van der Waals surface area contributed by atoms with E-state index < -0.39 is 17.7 Å². The number of hydrogen-bond acceptors (Lipinski definition) is 3. The lowest BCUT2D eigenvalue weighted by Crippen LogP contribution is -2.21. The number of halogens is 3. The maximum atomic E-state index is 13.0. The van der Waals surface area contributed by atoms with Crippen molar-refractivity contribution in [2.24, 2.45) is 0 Å². The zero-order chi connectivity index (χ0) is 19.9. The summed E-state index contributed by atoms with van der Waals surface area (Å²) in [4.78, 5) is 11.8. The van der Waals surface area contributed by atoms with Crippen molar-refractivity contribution in [1.82, 2.24) is 0 Å². The quantitative estimate of drug-likeness (QED) is 0.385. The number of carbonyl (C=O) groups is 1. The summed E-state index contributed by atoms with van der Waals surface area (Å²) < 4.78 is 44.1. The van der Waals surface area contributed by atoms with E-state index in [2.05, 4.69) is 10.6 Å². The molecule has 8 heteroatoms. The predicted molar refractivity (Wildman–Crippen MR) is 103 cm³/mol. The number of anilines is 2. The molecule has 0 atom stereocenters. The van der Waals surface area contributed by atoms with Crippen molar-refractivity contribution in [3.63, 3.8) is 0 Å². The molecule has 27 heavy (non-hydrogen) atoms. The Bertz CT molecular complexity index is 792. The molecule has 0 radical (unpaired) electrons. The van der Waals surface area contributed by atoms with Crippen LogP contribution in [0.15, 0.2) is 48.5 Å². The van der Waals surface area contributed by atoms with Crippen molar-refractivity contribution < 1.29 is 22.7 Å². The minimum absolute atomic E-state index is 0.00460. The number of esters is 1. The third-order valence-electron chi connectivity index (χ3n) is 3.59. The van der Waals surface area contributed by atoms with Gasteiger partial charge in [0.15, 0.2) is 5.11 Å². The normalized spacial score (nSPS) is 11.0. The van der Waals surface area contributed by atoms with Crippen LogP contribution in [-0.2, 0) is 10.9 Å². The van der Waals surface area contributed by atoms with Crippen LogP contribution in [0.5, 0.6) is 0 Å². The van der Waals surface area contributed by atoms with Crippen LogP contribution in [0, 0.1) is 0 Å². The van der Waals surface area contributed by atoms with Gasteiger partial charge in [-0.3, -0.25) is 0 Å². The molecule has 0 aromatic heterocycles. The Hall–Kier alpha value is -2.61. The minimum Gasteiger partial charge on any atom is -0.462 e. The number of hydrogen-bond donors (Lipinski definition) is 2. The maximum Gasteiger partial charge on any atom is 0.418 e. The molecular formula is C19H19F3N2O2S. The number of ether oxygens (including phenoxy) is 1. The van der Waals surface area contributed by atoms with Gasteiger partial charge in [-0.1, -0.05) is 25.5 Å². The molecule has 2 N–H and O–H groups in total. The molecule has 0 unspecified atom stereocenters. The van der Waals surface area contributed by atoms with Crippen LogP contribution in [0.1, 0.15) is 35.7 Å². The van der Waals surface area contributed by atoms with Crippen molar-refractivity contribution in [1.29, 1.82) is 0 Å². The summed E-state index contributed by atoms with van der Waals surface area (Å²) in [6.45, 7) is 2.36. The van der Waals surface area contributed by atoms with E-state index in [0.29, 0.717) is 17.9 Å². The maximum absolute atomic E-state index is 13.0. The lowest BCUT2D eigenvalue weighted by molar-refractivity contribution is -0.136. The Morgan fingerprint density at radius 1 is 1.07 bits per heavy atom. The molecule has 0 saturated carbocycles. The van der Waals surface area contributed by atoms with Crippen LogP contribution < -0.4 is 10.6 Å². The number of benzene rings is 2.